The molecule has 23 heavy (non-hydrogen) atoms. The van der Waals surface area contributed by atoms with E-state index in [0.717, 1.165) is 24.6 Å². The zero-order chi connectivity index (χ0) is 15.8. The first kappa shape index (κ1) is 14.5. The molecule has 0 spiro atoms. The number of nitrogens with one attached hydrogen (secondary N) is 1. The molecule has 0 aromatic carbocycles. The van der Waals surface area contributed by atoms with Crippen LogP contribution in [-0.2, 0) is 24.8 Å². The summed E-state index contributed by atoms with van der Waals surface area (Å²) in [6.07, 6.45) is 7.41. The molecule has 6 heteroatoms. The topological polar surface area (TPSA) is 61.1 Å². The maximum absolute atomic E-state index is 12.2. The molecule has 2 aromatic heterocycles. The van der Waals surface area contributed by atoms with Gasteiger partial charge in [-0.2, -0.15) is 5.10 Å². The third-order valence-corrected chi connectivity index (χ3v) is 4.63. The van der Waals surface area contributed by atoms with Crippen LogP contribution >= 0.6 is 0 Å². The number of carbonyl (C=O) groups is 1. The second kappa shape index (κ2) is 5.85. The summed E-state index contributed by atoms with van der Waals surface area (Å²) in [4.78, 5) is 12.2. The molecule has 1 aliphatic carbocycles. The maximum Gasteiger partial charge on any atom is 0.267 e. The molecule has 0 radical (unpaired) electrons. The van der Waals surface area contributed by atoms with E-state index in [2.05, 4.69) is 16.2 Å². The molecule has 122 valence electrons. The van der Waals surface area contributed by atoms with Crippen molar-refractivity contribution in [2.75, 3.05) is 13.2 Å². The first-order valence-corrected chi connectivity index (χ1v) is 8.28. The molecule has 2 aromatic rings. The minimum absolute atomic E-state index is 0.0781. The fraction of sp³-hybridized carbons (Fsp3) is 0.529. The molecule has 1 atom stereocenters. The average Bonchev–Trinajstić information content (AvgIpc) is 3.08. The Labute approximate surface area is 135 Å². The highest BCUT2D eigenvalue weighted by molar-refractivity contribution is 5.92. The number of fused-ring (bicyclic) bond motifs is 1. The average molecular weight is 314 g/mol. The molecule has 1 fully saturated rings. The molecular formula is C17H22N4O2. The molecule has 4 rings (SSSR count). The summed E-state index contributed by atoms with van der Waals surface area (Å²) in [5.74, 6) is 0.721. The van der Waals surface area contributed by atoms with E-state index in [1.54, 1.807) is 0 Å². The number of hydrogen-bond donors (Lipinski definition) is 1. The summed E-state index contributed by atoms with van der Waals surface area (Å²) < 4.78 is 9.71. The Morgan fingerprint density at radius 3 is 3.09 bits per heavy atom. The highest BCUT2D eigenvalue weighted by atomic mass is 16.5. The van der Waals surface area contributed by atoms with E-state index >= 15 is 0 Å². The van der Waals surface area contributed by atoms with Crippen LogP contribution in [0.15, 0.2) is 24.5 Å². The van der Waals surface area contributed by atoms with Crippen LogP contribution in [0.5, 0.6) is 0 Å². The standard InChI is InChI=1S/C17H22N4O2/c1-20-7-2-3-14(20)17(22)18-9-15-16-13(6-8-23-15)11-21(19-16)10-12-4-5-12/h2-3,7,11-12,15H,4-6,8-10H2,1H3,(H,18,22)/t15-/m0/s1. The van der Waals surface area contributed by atoms with Crippen molar-refractivity contribution in [1.29, 1.82) is 0 Å². The Hall–Kier alpha value is -2.08. The maximum atomic E-state index is 12.2. The van der Waals surface area contributed by atoms with Gasteiger partial charge in [-0.05, 0) is 42.9 Å². The fourth-order valence-electron chi connectivity index (χ4n) is 3.12. The predicted octanol–water partition coefficient (Wildman–Crippen LogP) is 1.68. The Bertz CT molecular complexity index is 714. The van der Waals surface area contributed by atoms with Crippen LogP contribution in [0, 0.1) is 5.92 Å². The molecule has 0 unspecified atom stereocenters. The van der Waals surface area contributed by atoms with E-state index in [4.69, 9.17) is 9.84 Å². The highest BCUT2D eigenvalue weighted by Crippen LogP contribution is 2.32. The van der Waals surface area contributed by atoms with Gasteiger partial charge in [0, 0.05) is 32.5 Å². The van der Waals surface area contributed by atoms with Crippen molar-refractivity contribution >= 4 is 5.91 Å². The molecule has 1 amide bonds. The molecular weight excluding hydrogens is 292 g/mol. The smallest absolute Gasteiger partial charge is 0.267 e. The van der Waals surface area contributed by atoms with E-state index in [9.17, 15) is 4.79 Å². The van der Waals surface area contributed by atoms with E-state index in [1.165, 1.54) is 18.4 Å². The lowest BCUT2D eigenvalue weighted by Gasteiger charge is -2.22. The minimum Gasteiger partial charge on any atom is -0.370 e. The van der Waals surface area contributed by atoms with Gasteiger partial charge in [0.25, 0.3) is 5.91 Å². The Morgan fingerprint density at radius 2 is 2.35 bits per heavy atom. The zero-order valence-corrected chi connectivity index (χ0v) is 13.4. The monoisotopic (exact) mass is 314 g/mol. The number of ether oxygens (including phenoxy) is 1. The molecule has 0 bridgehead atoms. The van der Waals surface area contributed by atoms with Gasteiger partial charge in [-0.1, -0.05) is 0 Å². The Balaban J connectivity index is 1.43. The van der Waals surface area contributed by atoms with E-state index in [-0.39, 0.29) is 12.0 Å². The summed E-state index contributed by atoms with van der Waals surface area (Å²) >= 11 is 0. The van der Waals surface area contributed by atoms with Crippen LogP contribution in [0.1, 0.15) is 40.7 Å². The quantitative estimate of drug-likeness (QED) is 0.913. The number of aryl methyl sites for hydroxylation is 1. The fourth-order valence-corrected chi connectivity index (χ4v) is 3.12. The molecule has 2 aliphatic rings. The second-order valence-corrected chi connectivity index (χ2v) is 6.53. The number of carbonyl (C=O) groups excluding carboxylic acids is 1. The summed E-state index contributed by atoms with van der Waals surface area (Å²) in [5.41, 5.74) is 2.90. The van der Waals surface area contributed by atoms with Gasteiger partial charge in [-0.25, -0.2) is 0 Å². The van der Waals surface area contributed by atoms with Gasteiger partial charge in [0.1, 0.15) is 11.8 Å². The van der Waals surface area contributed by atoms with Crippen molar-refractivity contribution in [3.63, 3.8) is 0 Å². The molecule has 1 N–H and O–H groups in total. The van der Waals surface area contributed by atoms with Crippen molar-refractivity contribution in [3.05, 3.63) is 41.5 Å². The summed E-state index contributed by atoms with van der Waals surface area (Å²) in [5, 5.41) is 7.67. The van der Waals surface area contributed by atoms with Crippen molar-refractivity contribution < 1.29 is 9.53 Å². The number of amides is 1. The van der Waals surface area contributed by atoms with Crippen molar-refractivity contribution in [2.24, 2.45) is 13.0 Å². The van der Waals surface area contributed by atoms with Crippen LogP contribution in [0.25, 0.3) is 0 Å². The summed E-state index contributed by atoms with van der Waals surface area (Å²) in [7, 11) is 1.86. The van der Waals surface area contributed by atoms with Crippen LogP contribution in [0.3, 0.4) is 0 Å². The van der Waals surface area contributed by atoms with E-state index in [0.29, 0.717) is 18.8 Å². The summed E-state index contributed by atoms with van der Waals surface area (Å²) in [6.45, 7) is 2.15. The normalized spacial score (nSPS) is 20.3. The van der Waals surface area contributed by atoms with Crippen LogP contribution in [0.2, 0.25) is 0 Å². The molecule has 0 saturated heterocycles. The molecule has 3 heterocycles. The zero-order valence-electron chi connectivity index (χ0n) is 13.4. The Kier molecular flexibility index (Phi) is 3.69. The van der Waals surface area contributed by atoms with Gasteiger partial charge in [-0.3, -0.25) is 9.48 Å². The van der Waals surface area contributed by atoms with Gasteiger partial charge < -0.3 is 14.6 Å². The number of aromatic nitrogens is 3. The summed E-state index contributed by atoms with van der Waals surface area (Å²) in [6, 6.07) is 3.68. The third-order valence-electron chi connectivity index (χ3n) is 4.63. The molecule has 1 saturated carbocycles. The largest absolute Gasteiger partial charge is 0.370 e. The molecule has 1 aliphatic heterocycles. The molecule has 6 nitrogen and oxygen atoms in total. The minimum atomic E-state index is -0.150. The first-order chi connectivity index (χ1) is 11.2. The van der Waals surface area contributed by atoms with Crippen LogP contribution in [-0.4, -0.2) is 33.4 Å². The lowest BCUT2D eigenvalue weighted by Crippen LogP contribution is -2.32. The van der Waals surface area contributed by atoms with Gasteiger partial charge in [0.2, 0.25) is 0 Å². The number of nitrogens with zero attached hydrogens (tertiary/aromatic N) is 3. The number of rotatable bonds is 5. The second-order valence-electron chi connectivity index (χ2n) is 6.53. The predicted molar refractivity (Wildman–Crippen MR) is 85.1 cm³/mol. The van der Waals surface area contributed by atoms with Gasteiger partial charge >= 0.3 is 0 Å². The van der Waals surface area contributed by atoms with E-state index < -0.39 is 0 Å². The number of hydrogen-bond acceptors (Lipinski definition) is 3. The van der Waals surface area contributed by atoms with Gasteiger partial charge in [0.05, 0.1) is 12.3 Å². The third kappa shape index (κ3) is 3.03. The first-order valence-electron chi connectivity index (χ1n) is 8.28. The van der Waals surface area contributed by atoms with Crippen molar-refractivity contribution in [3.8, 4) is 0 Å². The van der Waals surface area contributed by atoms with Gasteiger partial charge in [0.15, 0.2) is 0 Å². The Morgan fingerprint density at radius 1 is 1.48 bits per heavy atom. The van der Waals surface area contributed by atoms with E-state index in [1.807, 2.05) is 29.9 Å². The lowest BCUT2D eigenvalue weighted by molar-refractivity contribution is 0.0382. The SMILES string of the molecule is Cn1cccc1C(=O)NC[C@@H]1OCCc2cn(CC3CC3)nc21. The van der Waals surface area contributed by atoms with Crippen molar-refractivity contribution in [1.82, 2.24) is 19.7 Å². The van der Waals surface area contributed by atoms with Crippen LogP contribution < -0.4 is 5.32 Å². The van der Waals surface area contributed by atoms with Crippen molar-refractivity contribution in [2.45, 2.75) is 31.9 Å². The lowest BCUT2D eigenvalue weighted by atomic mass is 10.1. The van der Waals surface area contributed by atoms with Crippen LogP contribution in [0.4, 0.5) is 0 Å². The highest BCUT2D eigenvalue weighted by Gasteiger charge is 2.27. The van der Waals surface area contributed by atoms with Gasteiger partial charge in [-0.15, -0.1) is 0 Å².